The van der Waals surface area contributed by atoms with Crippen LogP contribution in [0, 0.1) is 0 Å². The maximum atomic E-state index is 5.19. The van der Waals surface area contributed by atoms with Crippen molar-refractivity contribution in [1.29, 1.82) is 0 Å². The fourth-order valence-electron chi connectivity index (χ4n) is 8.65. The van der Waals surface area contributed by atoms with E-state index >= 15 is 0 Å². The number of hydrogen-bond donors (Lipinski definition) is 0. The molecule has 6 heteroatoms. The lowest BCUT2D eigenvalue weighted by molar-refractivity contribution is 1.08. The van der Waals surface area contributed by atoms with Gasteiger partial charge in [0.1, 0.15) is 0 Å². The van der Waals surface area contributed by atoms with Crippen molar-refractivity contribution in [3.63, 3.8) is 0 Å². The van der Waals surface area contributed by atoms with E-state index in [0.29, 0.717) is 17.5 Å². The second-order valence-electron chi connectivity index (χ2n) is 14.3. The summed E-state index contributed by atoms with van der Waals surface area (Å²) < 4.78 is 7.43. The highest BCUT2D eigenvalue weighted by molar-refractivity contribution is 7.26. The van der Waals surface area contributed by atoms with Gasteiger partial charge in [-0.25, -0.2) is 15.0 Å². The van der Waals surface area contributed by atoms with Crippen molar-refractivity contribution in [2.75, 3.05) is 0 Å². The van der Waals surface area contributed by atoms with Gasteiger partial charge in [0.15, 0.2) is 17.5 Å². The van der Waals surface area contributed by atoms with E-state index in [0.717, 1.165) is 22.1 Å². The van der Waals surface area contributed by atoms with Crippen LogP contribution >= 0.6 is 22.7 Å². The molecule has 0 aliphatic carbocycles. The van der Waals surface area contributed by atoms with E-state index in [1.54, 1.807) is 0 Å². The molecule has 0 radical (unpaired) electrons. The molecule has 4 heterocycles. The zero-order valence-corrected chi connectivity index (χ0v) is 32.1. The van der Waals surface area contributed by atoms with Gasteiger partial charge in [0.2, 0.25) is 0 Å². The Morgan fingerprint density at radius 1 is 0.316 bits per heavy atom. The summed E-state index contributed by atoms with van der Waals surface area (Å²) in [4.78, 5) is 15.4. The molecule has 8 aromatic carbocycles. The van der Waals surface area contributed by atoms with Crippen LogP contribution in [-0.4, -0.2) is 19.5 Å². The summed E-state index contributed by atoms with van der Waals surface area (Å²) in [6.07, 6.45) is 0. The fourth-order valence-corrected chi connectivity index (χ4v) is 11.0. The summed E-state index contributed by atoms with van der Waals surface area (Å²) in [6.45, 7) is 0. The van der Waals surface area contributed by atoms with Gasteiger partial charge >= 0.3 is 0 Å². The average Bonchev–Trinajstić information content (AvgIpc) is 3.97. The zero-order chi connectivity index (χ0) is 37.5. The molecule has 4 aromatic heterocycles. The van der Waals surface area contributed by atoms with Crippen molar-refractivity contribution < 1.29 is 0 Å². The lowest BCUT2D eigenvalue weighted by Crippen LogP contribution is -2.00. The molecule has 0 bridgehead atoms. The molecule has 57 heavy (non-hydrogen) atoms. The van der Waals surface area contributed by atoms with Crippen molar-refractivity contribution in [1.82, 2.24) is 19.5 Å². The van der Waals surface area contributed by atoms with E-state index in [9.17, 15) is 0 Å². The number of hydrogen-bond acceptors (Lipinski definition) is 5. The summed E-state index contributed by atoms with van der Waals surface area (Å²) in [6, 6.07) is 64.8. The number of para-hydroxylation sites is 2. The van der Waals surface area contributed by atoms with Crippen molar-refractivity contribution in [3.05, 3.63) is 182 Å². The highest BCUT2D eigenvalue weighted by Gasteiger charge is 2.22. The van der Waals surface area contributed by atoms with E-state index in [1.165, 1.54) is 73.6 Å². The second-order valence-corrected chi connectivity index (χ2v) is 16.5. The molecule has 0 atom stereocenters. The molecule has 0 unspecified atom stereocenters. The van der Waals surface area contributed by atoms with Crippen molar-refractivity contribution in [3.8, 4) is 51.0 Å². The first-order valence-electron chi connectivity index (χ1n) is 19.0. The van der Waals surface area contributed by atoms with Crippen LogP contribution < -0.4 is 0 Å². The maximum Gasteiger partial charge on any atom is 0.164 e. The second kappa shape index (κ2) is 12.8. The summed E-state index contributed by atoms with van der Waals surface area (Å²) in [5.74, 6) is 1.97. The molecule has 0 amide bonds. The normalized spacial score (nSPS) is 11.9. The molecule has 4 nitrogen and oxygen atoms in total. The third kappa shape index (κ3) is 5.01. The first-order chi connectivity index (χ1) is 28.3. The SMILES string of the molecule is c1ccc(-c2nc(-c3ccccc3)nc(-c3cccc4sc5cccc(-c6cccc7sc8cccc(-n9c%10ccccc%10c%10ccccc%109)c8c67)c5c34)n2)cc1. The van der Waals surface area contributed by atoms with E-state index in [1.807, 2.05) is 59.1 Å². The van der Waals surface area contributed by atoms with Crippen molar-refractivity contribution in [2.24, 2.45) is 0 Å². The van der Waals surface area contributed by atoms with Gasteiger partial charge in [0.05, 0.1) is 16.7 Å². The number of thiophene rings is 2. The van der Waals surface area contributed by atoms with Crippen LogP contribution in [0.5, 0.6) is 0 Å². The smallest absolute Gasteiger partial charge is 0.164 e. The lowest BCUT2D eigenvalue weighted by atomic mass is 9.93. The van der Waals surface area contributed by atoms with Crippen molar-refractivity contribution >= 4 is 84.8 Å². The Labute approximate surface area is 335 Å². The fraction of sp³-hybridized carbons (Fsp3) is 0. The number of rotatable bonds is 5. The molecule has 0 aliphatic heterocycles. The predicted molar refractivity (Wildman–Crippen MR) is 242 cm³/mol. The van der Waals surface area contributed by atoms with Gasteiger partial charge < -0.3 is 4.57 Å². The maximum absolute atomic E-state index is 5.19. The standard InChI is InChI=1S/C51H30N4S2/c1-3-15-31(16-4-1)49-52-50(32-17-5-2-6-18-32)54-51(53-49)37-23-13-29-43-47(37)45-35(21-11-27-41(45)56-43)36-22-12-28-42-46(36)48-40(26-14-30-44(48)57-42)55-38-24-9-7-19-33(38)34-20-8-10-25-39(34)55/h1-30H. The van der Waals surface area contributed by atoms with Gasteiger partial charge in [-0.2, -0.15) is 0 Å². The van der Waals surface area contributed by atoms with Crippen molar-refractivity contribution in [2.45, 2.75) is 0 Å². The minimum Gasteiger partial charge on any atom is -0.309 e. The number of nitrogens with zero attached hydrogens (tertiary/aromatic N) is 4. The van der Waals surface area contributed by atoms with E-state index in [-0.39, 0.29) is 0 Å². The first kappa shape index (κ1) is 32.3. The highest BCUT2D eigenvalue weighted by Crippen LogP contribution is 2.49. The van der Waals surface area contributed by atoms with Gasteiger partial charge in [-0.15, -0.1) is 22.7 Å². The molecule has 0 aliphatic rings. The summed E-state index contributed by atoms with van der Waals surface area (Å²) in [7, 11) is 0. The Balaban J connectivity index is 1.15. The number of aromatic nitrogens is 4. The Morgan fingerprint density at radius 2 is 0.719 bits per heavy atom. The Kier molecular flexibility index (Phi) is 7.24. The van der Waals surface area contributed by atoms with Gasteiger partial charge in [-0.1, -0.05) is 140 Å². The first-order valence-corrected chi connectivity index (χ1v) is 20.7. The predicted octanol–water partition coefficient (Wildman–Crippen LogP) is 14.4. The molecule has 0 spiro atoms. The molecule has 12 aromatic rings. The van der Waals surface area contributed by atoms with E-state index in [2.05, 4.69) is 150 Å². The minimum absolute atomic E-state index is 0.656. The monoisotopic (exact) mass is 762 g/mol. The van der Waals surface area contributed by atoms with E-state index in [4.69, 9.17) is 15.0 Å². The van der Waals surface area contributed by atoms with Gasteiger partial charge in [0.25, 0.3) is 0 Å². The molecule has 266 valence electrons. The van der Waals surface area contributed by atoms with Gasteiger partial charge in [0, 0.05) is 67.8 Å². The van der Waals surface area contributed by atoms with Crippen LogP contribution in [0.1, 0.15) is 0 Å². The largest absolute Gasteiger partial charge is 0.309 e. The molecule has 12 rings (SSSR count). The Bertz CT molecular complexity index is 3410. The average molecular weight is 763 g/mol. The highest BCUT2D eigenvalue weighted by atomic mass is 32.1. The van der Waals surface area contributed by atoms with Gasteiger partial charge in [-0.05, 0) is 53.6 Å². The zero-order valence-electron chi connectivity index (χ0n) is 30.4. The van der Waals surface area contributed by atoms with Crippen LogP contribution in [-0.2, 0) is 0 Å². The van der Waals surface area contributed by atoms with Crippen LogP contribution in [0.2, 0.25) is 0 Å². The van der Waals surface area contributed by atoms with Gasteiger partial charge in [-0.3, -0.25) is 0 Å². The van der Waals surface area contributed by atoms with E-state index < -0.39 is 0 Å². The molecule has 0 saturated carbocycles. The van der Waals surface area contributed by atoms with Crippen LogP contribution in [0.25, 0.3) is 113 Å². The summed E-state index contributed by atoms with van der Waals surface area (Å²) in [5.41, 5.74) is 8.94. The number of benzene rings is 8. The minimum atomic E-state index is 0.656. The molecule has 0 fully saturated rings. The lowest BCUT2D eigenvalue weighted by Gasteiger charge is -2.13. The topological polar surface area (TPSA) is 43.6 Å². The quantitative estimate of drug-likeness (QED) is 0.175. The third-order valence-corrected chi connectivity index (χ3v) is 13.3. The third-order valence-electron chi connectivity index (χ3n) is 11.1. The van der Waals surface area contributed by atoms with Crippen LogP contribution in [0.3, 0.4) is 0 Å². The molecule has 0 N–H and O–H groups in total. The molecule has 0 saturated heterocycles. The molecular weight excluding hydrogens is 733 g/mol. The van der Waals surface area contributed by atoms with Crippen LogP contribution in [0.15, 0.2) is 182 Å². The Hall–Kier alpha value is -6.99. The summed E-state index contributed by atoms with van der Waals surface area (Å²) >= 11 is 3.69. The van der Waals surface area contributed by atoms with Crippen LogP contribution in [0.4, 0.5) is 0 Å². The summed E-state index contributed by atoms with van der Waals surface area (Å²) in [5, 5.41) is 7.45. The Morgan fingerprint density at radius 3 is 1.26 bits per heavy atom. The molecular formula is C51H30N4S2. The number of fused-ring (bicyclic) bond motifs is 9.